The molecule has 3 aromatic rings. The molecule has 0 radical (unpaired) electrons. The van der Waals surface area contributed by atoms with Crippen molar-refractivity contribution in [3.8, 4) is 0 Å². The van der Waals surface area contributed by atoms with E-state index in [4.69, 9.17) is 5.73 Å². The van der Waals surface area contributed by atoms with Gasteiger partial charge in [-0.05, 0) is 17.7 Å². The maximum Gasteiger partial charge on any atom is 0.0794 e. The first-order chi connectivity index (χ1) is 8.36. The summed E-state index contributed by atoms with van der Waals surface area (Å²) in [4.78, 5) is 9.48. The van der Waals surface area contributed by atoms with Crippen LogP contribution in [0.5, 0.6) is 0 Å². The zero-order valence-corrected chi connectivity index (χ0v) is 9.89. The van der Waals surface area contributed by atoms with Gasteiger partial charge < -0.3 is 5.73 Å². The van der Waals surface area contributed by atoms with Gasteiger partial charge in [0.05, 0.1) is 17.1 Å². The molecule has 1 aromatic carbocycles. The zero-order valence-electron chi connectivity index (χ0n) is 9.08. The lowest BCUT2D eigenvalue weighted by Crippen LogP contribution is -2.10. The summed E-state index contributed by atoms with van der Waals surface area (Å²) in [5.74, 6) is 0. The molecule has 0 saturated carbocycles. The topological polar surface area (TPSA) is 51.8 Å². The van der Waals surface area contributed by atoms with Crippen molar-refractivity contribution in [2.45, 2.75) is 6.04 Å². The van der Waals surface area contributed by atoms with E-state index < -0.39 is 0 Å². The van der Waals surface area contributed by atoms with Crippen molar-refractivity contribution in [3.05, 3.63) is 58.7 Å². The van der Waals surface area contributed by atoms with Crippen molar-refractivity contribution in [1.29, 1.82) is 0 Å². The molecule has 0 fully saturated rings. The number of hydrogen-bond acceptors (Lipinski definition) is 4. The lowest BCUT2D eigenvalue weighted by Gasteiger charge is -2.12. The van der Waals surface area contributed by atoms with Crippen LogP contribution in [0.15, 0.2) is 48.2 Å². The fourth-order valence-electron chi connectivity index (χ4n) is 1.93. The highest BCUT2D eigenvalue weighted by atomic mass is 32.1. The van der Waals surface area contributed by atoms with Crippen LogP contribution in [0.2, 0.25) is 0 Å². The molecule has 84 valence electrons. The SMILES string of the molecule is NC(c1cncs1)c1cccc2ncccc12. The minimum absolute atomic E-state index is 0.129. The van der Waals surface area contributed by atoms with Gasteiger partial charge in [-0.3, -0.25) is 9.97 Å². The highest BCUT2D eigenvalue weighted by Gasteiger charge is 2.13. The molecule has 0 aliphatic rings. The molecule has 0 aliphatic carbocycles. The number of benzene rings is 1. The van der Waals surface area contributed by atoms with Gasteiger partial charge in [0.25, 0.3) is 0 Å². The minimum atomic E-state index is -0.129. The van der Waals surface area contributed by atoms with Crippen LogP contribution in [0.25, 0.3) is 10.9 Å². The smallest absolute Gasteiger partial charge is 0.0794 e. The van der Waals surface area contributed by atoms with Crippen LogP contribution >= 0.6 is 11.3 Å². The summed E-state index contributed by atoms with van der Waals surface area (Å²) >= 11 is 1.58. The van der Waals surface area contributed by atoms with Gasteiger partial charge in [-0.15, -0.1) is 11.3 Å². The van der Waals surface area contributed by atoms with E-state index >= 15 is 0 Å². The number of thiazole rings is 1. The van der Waals surface area contributed by atoms with Gasteiger partial charge in [0.15, 0.2) is 0 Å². The van der Waals surface area contributed by atoms with Crippen LogP contribution in [0.1, 0.15) is 16.5 Å². The van der Waals surface area contributed by atoms with Crippen LogP contribution in [-0.2, 0) is 0 Å². The highest BCUT2D eigenvalue weighted by Crippen LogP contribution is 2.27. The summed E-state index contributed by atoms with van der Waals surface area (Å²) in [6.45, 7) is 0. The van der Waals surface area contributed by atoms with Crippen molar-refractivity contribution in [2.24, 2.45) is 5.73 Å². The number of pyridine rings is 1. The van der Waals surface area contributed by atoms with Crippen LogP contribution in [0.4, 0.5) is 0 Å². The van der Waals surface area contributed by atoms with E-state index in [0.29, 0.717) is 0 Å². The van der Waals surface area contributed by atoms with Gasteiger partial charge in [0.1, 0.15) is 0 Å². The van der Waals surface area contributed by atoms with Gasteiger partial charge in [-0.25, -0.2) is 0 Å². The molecule has 2 heterocycles. The standard InChI is InChI=1S/C13H11N3S/c14-13(12-7-15-8-17-12)10-3-1-5-11-9(10)4-2-6-16-11/h1-8,13H,14H2. The molecule has 1 unspecified atom stereocenters. The predicted molar refractivity (Wildman–Crippen MR) is 69.9 cm³/mol. The molecule has 0 aliphatic heterocycles. The summed E-state index contributed by atoms with van der Waals surface area (Å²) in [5.41, 5.74) is 10.1. The first-order valence-corrected chi connectivity index (χ1v) is 6.22. The second-order valence-electron chi connectivity index (χ2n) is 3.80. The Hall–Kier alpha value is -1.78. The summed E-state index contributed by atoms with van der Waals surface area (Å²) in [6.07, 6.45) is 3.62. The number of nitrogens with zero attached hydrogens (tertiary/aromatic N) is 2. The monoisotopic (exact) mass is 241 g/mol. The van der Waals surface area contributed by atoms with Crippen LogP contribution < -0.4 is 5.73 Å². The van der Waals surface area contributed by atoms with Gasteiger partial charge in [0, 0.05) is 22.7 Å². The van der Waals surface area contributed by atoms with E-state index in [1.165, 1.54) is 0 Å². The zero-order chi connectivity index (χ0) is 11.7. The summed E-state index contributed by atoms with van der Waals surface area (Å²) in [6, 6.07) is 9.90. The van der Waals surface area contributed by atoms with E-state index in [2.05, 4.69) is 22.1 Å². The second-order valence-corrected chi connectivity index (χ2v) is 4.72. The third-order valence-electron chi connectivity index (χ3n) is 2.77. The molecular weight excluding hydrogens is 230 g/mol. The van der Waals surface area contributed by atoms with Crippen molar-refractivity contribution in [2.75, 3.05) is 0 Å². The van der Waals surface area contributed by atoms with Gasteiger partial charge in [0.2, 0.25) is 0 Å². The Morgan fingerprint density at radius 2 is 2.12 bits per heavy atom. The molecule has 4 heteroatoms. The molecule has 2 aromatic heterocycles. The van der Waals surface area contributed by atoms with Crippen molar-refractivity contribution < 1.29 is 0 Å². The highest BCUT2D eigenvalue weighted by molar-refractivity contribution is 7.09. The Kier molecular flexibility index (Phi) is 2.59. The fourth-order valence-corrected chi connectivity index (χ4v) is 2.57. The molecular formula is C13H11N3S. The predicted octanol–water partition coefficient (Wildman–Crippen LogP) is 2.74. The molecule has 2 N–H and O–H groups in total. The van der Waals surface area contributed by atoms with E-state index in [1.807, 2.05) is 24.4 Å². The number of hydrogen-bond donors (Lipinski definition) is 1. The van der Waals surface area contributed by atoms with Crippen LogP contribution in [-0.4, -0.2) is 9.97 Å². The average molecular weight is 241 g/mol. The van der Waals surface area contributed by atoms with E-state index in [0.717, 1.165) is 21.3 Å². The largest absolute Gasteiger partial charge is 0.320 e. The number of rotatable bonds is 2. The Balaban J connectivity index is 2.17. The Bertz CT molecular complexity index is 629. The third-order valence-corrected chi connectivity index (χ3v) is 3.63. The van der Waals surface area contributed by atoms with Gasteiger partial charge in [-0.1, -0.05) is 18.2 Å². The first kappa shape index (κ1) is 10.4. The lowest BCUT2D eigenvalue weighted by molar-refractivity contribution is 0.898. The Morgan fingerprint density at radius 3 is 2.94 bits per heavy atom. The number of nitrogens with two attached hydrogens (primary N) is 1. The van der Waals surface area contributed by atoms with Gasteiger partial charge in [-0.2, -0.15) is 0 Å². The molecule has 1 atom stereocenters. The quantitative estimate of drug-likeness (QED) is 0.750. The second kappa shape index (κ2) is 4.24. The lowest BCUT2D eigenvalue weighted by atomic mass is 10.0. The maximum atomic E-state index is 6.27. The summed E-state index contributed by atoms with van der Waals surface area (Å²) in [7, 11) is 0. The Labute approximate surface area is 103 Å². The van der Waals surface area contributed by atoms with E-state index in [-0.39, 0.29) is 6.04 Å². The number of aromatic nitrogens is 2. The van der Waals surface area contributed by atoms with Crippen molar-refractivity contribution in [3.63, 3.8) is 0 Å². The summed E-state index contributed by atoms with van der Waals surface area (Å²) < 4.78 is 0. The van der Waals surface area contributed by atoms with E-state index in [9.17, 15) is 0 Å². The molecule has 3 rings (SSSR count). The van der Waals surface area contributed by atoms with Gasteiger partial charge >= 0.3 is 0 Å². The fraction of sp³-hybridized carbons (Fsp3) is 0.0769. The molecule has 0 saturated heterocycles. The van der Waals surface area contributed by atoms with Crippen LogP contribution in [0, 0.1) is 0 Å². The van der Waals surface area contributed by atoms with E-state index in [1.54, 1.807) is 23.0 Å². The van der Waals surface area contributed by atoms with Crippen LogP contribution in [0.3, 0.4) is 0 Å². The average Bonchev–Trinajstić information content (AvgIpc) is 2.91. The van der Waals surface area contributed by atoms with Crippen molar-refractivity contribution >= 4 is 22.2 Å². The molecule has 17 heavy (non-hydrogen) atoms. The number of fused-ring (bicyclic) bond motifs is 1. The third kappa shape index (κ3) is 1.81. The first-order valence-electron chi connectivity index (χ1n) is 5.34. The molecule has 0 amide bonds. The van der Waals surface area contributed by atoms with Crippen molar-refractivity contribution in [1.82, 2.24) is 9.97 Å². The summed E-state index contributed by atoms with van der Waals surface area (Å²) in [5, 5.41) is 1.11. The normalized spacial score (nSPS) is 12.8. The molecule has 3 nitrogen and oxygen atoms in total. The molecule has 0 spiro atoms. The molecule has 0 bridgehead atoms. The Morgan fingerprint density at radius 1 is 1.18 bits per heavy atom. The maximum absolute atomic E-state index is 6.27. The minimum Gasteiger partial charge on any atom is -0.320 e.